The molecule has 0 saturated carbocycles. The summed E-state index contributed by atoms with van der Waals surface area (Å²) in [6.07, 6.45) is 2.14. The molecule has 1 rings (SSSR count). The van der Waals surface area contributed by atoms with Crippen LogP contribution in [0.1, 0.15) is 12.5 Å². The quantitative estimate of drug-likeness (QED) is 0.729. The highest BCUT2D eigenvalue weighted by atomic mass is 32.2. The predicted octanol–water partition coefficient (Wildman–Crippen LogP) is 2.36. The second-order valence-electron chi connectivity index (χ2n) is 3.89. The Morgan fingerprint density at radius 1 is 1.40 bits per heavy atom. The maximum absolute atomic E-state index is 5.85. The molecule has 1 aromatic carbocycles. The maximum Gasteiger partial charge on any atom is 0.0359 e. The Morgan fingerprint density at radius 2 is 2.13 bits per heavy atom. The average molecular weight is 224 g/mol. The van der Waals surface area contributed by atoms with E-state index in [-0.39, 0.29) is 0 Å². The number of hydrogen-bond acceptors (Lipinski definition) is 3. The Bertz CT molecular complexity index is 289. The topological polar surface area (TPSA) is 38.0 Å². The second-order valence-corrected chi connectivity index (χ2v) is 4.80. The van der Waals surface area contributed by atoms with Gasteiger partial charge in [0.2, 0.25) is 0 Å². The zero-order valence-corrected chi connectivity index (χ0v) is 10.3. The van der Waals surface area contributed by atoms with Crippen molar-refractivity contribution in [1.82, 2.24) is 5.32 Å². The molecule has 0 aliphatic carbocycles. The summed E-state index contributed by atoms with van der Waals surface area (Å²) in [6.45, 7) is 4.18. The van der Waals surface area contributed by atoms with Crippen molar-refractivity contribution in [3.05, 3.63) is 29.8 Å². The first-order chi connectivity index (χ1) is 7.24. The number of nitrogens with one attached hydrogen (secondary N) is 1. The normalized spacial score (nSPS) is 12.7. The van der Waals surface area contributed by atoms with Crippen molar-refractivity contribution in [3.63, 3.8) is 0 Å². The standard InChI is InChI=1S/C12H20N2S/c1-10(9-15-2)7-14-8-11-5-3-4-6-12(11)13/h3-6,10,14H,7-9,13H2,1-2H3. The molecule has 3 heteroatoms. The van der Waals surface area contributed by atoms with Gasteiger partial charge >= 0.3 is 0 Å². The largest absolute Gasteiger partial charge is 0.398 e. The highest BCUT2D eigenvalue weighted by Gasteiger charge is 2.01. The lowest BCUT2D eigenvalue weighted by atomic mass is 10.1. The summed E-state index contributed by atoms with van der Waals surface area (Å²) in [7, 11) is 0. The van der Waals surface area contributed by atoms with Gasteiger partial charge in [-0.25, -0.2) is 0 Å². The molecule has 0 radical (unpaired) electrons. The molecule has 1 atom stereocenters. The van der Waals surface area contributed by atoms with Gasteiger partial charge in [-0.2, -0.15) is 11.8 Å². The fourth-order valence-corrected chi connectivity index (χ4v) is 2.18. The minimum atomic E-state index is 0.713. The van der Waals surface area contributed by atoms with Crippen LogP contribution < -0.4 is 11.1 Å². The first kappa shape index (κ1) is 12.4. The Morgan fingerprint density at radius 3 is 2.80 bits per heavy atom. The van der Waals surface area contributed by atoms with Crippen molar-refractivity contribution in [2.45, 2.75) is 13.5 Å². The van der Waals surface area contributed by atoms with E-state index in [4.69, 9.17) is 5.73 Å². The minimum Gasteiger partial charge on any atom is -0.398 e. The molecule has 0 amide bonds. The molecule has 2 nitrogen and oxygen atoms in total. The van der Waals surface area contributed by atoms with Crippen LogP contribution in [0.5, 0.6) is 0 Å². The van der Waals surface area contributed by atoms with Gasteiger partial charge in [-0.15, -0.1) is 0 Å². The summed E-state index contributed by atoms with van der Waals surface area (Å²) in [5.74, 6) is 1.92. The first-order valence-electron chi connectivity index (χ1n) is 5.27. The number of nitrogens with two attached hydrogens (primary N) is 1. The van der Waals surface area contributed by atoms with Gasteiger partial charge in [-0.1, -0.05) is 25.1 Å². The second kappa shape index (κ2) is 6.75. The van der Waals surface area contributed by atoms with Crippen LogP contribution in [-0.4, -0.2) is 18.6 Å². The van der Waals surface area contributed by atoms with E-state index < -0.39 is 0 Å². The zero-order chi connectivity index (χ0) is 11.1. The Balaban J connectivity index is 2.29. The van der Waals surface area contributed by atoms with Crippen molar-refractivity contribution in [1.29, 1.82) is 0 Å². The Labute approximate surface area is 96.6 Å². The highest BCUT2D eigenvalue weighted by molar-refractivity contribution is 7.98. The lowest BCUT2D eigenvalue weighted by molar-refractivity contribution is 0.560. The number of thioether (sulfide) groups is 1. The van der Waals surface area contributed by atoms with E-state index in [1.807, 2.05) is 30.0 Å². The SMILES string of the molecule is CSCC(C)CNCc1ccccc1N. The first-order valence-corrected chi connectivity index (χ1v) is 6.66. The summed E-state index contributed by atoms with van der Waals surface area (Å²) in [5, 5.41) is 3.43. The summed E-state index contributed by atoms with van der Waals surface area (Å²) in [5.41, 5.74) is 7.92. The number of anilines is 1. The van der Waals surface area contributed by atoms with Crippen molar-refractivity contribution in [2.75, 3.05) is 24.3 Å². The Kier molecular flexibility index (Phi) is 5.58. The van der Waals surface area contributed by atoms with E-state index in [1.165, 1.54) is 11.3 Å². The summed E-state index contributed by atoms with van der Waals surface area (Å²) in [4.78, 5) is 0. The number of para-hydroxylation sites is 1. The van der Waals surface area contributed by atoms with Crippen LogP contribution in [0.25, 0.3) is 0 Å². The molecule has 0 aromatic heterocycles. The molecule has 1 unspecified atom stereocenters. The third-order valence-corrected chi connectivity index (χ3v) is 3.22. The fourth-order valence-electron chi connectivity index (χ4n) is 1.49. The molecule has 0 bridgehead atoms. The van der Waals surface area contributed by atoms with Gasteiger partial charge in [0.25, 0.3) is 0 Å². The molecule has 0 aliphatic heterocycles. The van der Waals surface area contributed by atoms with Crippen molar-refractivity contribution in [2.24, 2.45) is 5.92 Å². The van der Waals surface area contributed by atoms with Crippen LogP contribution in [0.2, 0.25) is 0 Å². The summed E-state index contributed by atoms with van der Waals surface area (Å²) >= 11 is 1.89. The molecule has 0 heterocycles. The summed E-state index contributed by atoms with van der Waals surface area (Å²) in [6, 6.07) is 8.01. The minimum absolute atomic E-state index is 0.713. The van der Waals surface area contributed by atoms with Gasteiger partial charge in [-0.05, 0) is 36.1 Å². The van der Waals surface area contributed by atoms with Crippen LogP contribution in [0.3, 0.4) is 0 Å². The third kappa shape index (κ3) is 4.58. The monoisotopic (exact) mass is 224 g/mol. The number of benzene rings is 1. The van der Waals surface area contributed by atoms with E-state index in [1.54, 1.807) is 0 Å². The van der Waals surface area contributed by atoms with Crippen molar-refractivity contribution in [3.8, 4) is 0 Å². The van der Waals surface area contributed by atoms with Gasteiger partial charge in [-0.3, -0.25) is 0 Å². The van der Waals surface area contributed by atoms with Gasteiger partial charge in [0.1, 0.15) is 0 Å². The van der Waals surface area contributed by atoms with Gasteiger partial charge in [0.05, 0.1) is 0 Å². The molecule has 0 spiro atoms. The molecule has 3 N–H and O–H groups in total. The molecule has 0 fully saturated rings. The van der Waals surface area contributed by atoms with Gasteiger partial charge in [0, 0.05) is 12.2 Å². The molecule has 1 aromatic rings. The van der Waals surface area contributed by atoms with Crippen LogP contribution >= 0.6 is 11.8 Å². The molecule has 15 heavy (non-hydrogen) atoms. The predicted molar refractivity (Wildman–Crippen MR) is 70.1 cm³/mol. The smallest absolute Gasteiger partial charge is 0.0359 e. The number of rotatable bonds is 6. The van der Waals surface area contributed by atoms with E-state index in [2.05, 4.69) is 24.6 Å². The van der Waals surface area contributed by atoms with E-state index in [9.17, 15) is 0 Å². The lowest BCUT2D eigenvalue weighted by Gasteiger charge is -2.12. The maximum atomic E-state index is 5.85. The third-order valence-electron chi connectivity index (χ3n) is 2.31. The van der Waals surface area contributed by atoms with Crippen molar-refractivity contribution >= 4 is 17.4 Å². The molecule has 84 valence electrons. The lowest BCUT2D eigenvalue weighted by Crippen LogP contribution is -2.22. The van der Waals surface area contributed by atoms with Crippen LogP contribution in [0.4, 0.5) is 5.69 Å². The van der Waals surface area contributed by atoms with Crippen molar-refractivity contribution < 1.29 is 0 Å². The van der Waals surface area contributed by atoms with E-state index >= 15 is 0 Å². The molecular weight excluding hydrogens is 204 g/mol. The van der Waals surface area contributed by atoms with Crippen LogP contribution in [-0.2, 0) is 6.54 Å². The summed E-state index contributed by atoms with van der Waals surface area (Å²) < 4.78 is 0. The van der Waals surface area contributed by atoms with Gasteiger partial charge in [0.15, 0.2) is 0 Å². The van der Waals surface area contributed by atoms with Crippen LogP contribution in [0, 0.1) is 5.92 Å². The van der Waals surface area contributed by atoms with Crippen LogP contribution in [0.15, 0.2) is 24.3 Å². The number of nitrogen functional groups attached to an aromatic ring is 1. The van der Waals surface area contributed by atoms with E-state index in [0.717, 1.165) is 18.8 Å². The Hall–Kier alpha value is -0.670. The van der Waals surface area contributed by atoms with E-state index in [0.29, 0.717) is 5.92 Å². The molecule has 0 saturated heterocycles. The fraction of sp³-hybridized carbons (Fsp3) is 0.500. The zero-order valence-electron chi connectivity index (χ0n) is 9.49. The molecule has 0 aliphatic rings. The number of hydrogen-bond donors (Lipinski definition) is 2. The molecular formula is C12H20N2S. The van der Waals surface area contributed by atoms with Gasteiger partial charge < -0.3 is 11.1 Å². The average Bonchev–Trinajstić information content (AvgIpc) is 2.21. The highest BCUT2D eigenvalue weighted by Crippen LogP contribution is 2.10.